The second-order valence-electron chi connectivity index (χ2n) is 3.93. The van der Waals surface area contributed by atoms with E-state index in [0.717, 1.165) is 24.5 Å². The maximum atomic E-state index is 11.9. The van der Waals surface area contributed by atoms with Crippen LogP contribution in [0.5, 0.6) is 0 Å². The van der Waals surface area contributed by atoms with E-state index < -0.39 is 0 Å². The minimum Gasteiger partial charge on any atom is -0.379 e. The van der Waals surface area contributed by atoms with Crippen LogP contribution in [0.2, 0.25) is 0 Å². The van der Waals surface area contributed by atoms with Crippen LogP contribution in [0.4, 0.5) is 5.82 Å². The molecule has 1 aromatic rings. The number of aromatic nitrogens is 1. The molecule has 0 radical (unpaired) electrons. The van der Waals surface area contributed by atoms with Crippen molar-refractivity contribution in [2.24, 2.45) is 0 Å². The summed E-state index contributed by atoms with van der Waals surface area (Å²) in [6.07, 6.45) is 2.19. The standard InChI is InChI=1S/C11H13N3O2/c15-10-8-9-2-1-3-12-11(9)14(10)13-4-6-16-7-5-13/h1-3H,4-8H2. The summed E-state index contributed by atoms with van der Waals surface area (Å²) in [6.45, 7) is 2.85. The Morgan fingerprint density at radius 1 is 1.31 bits per heavy atom. The fourth-order valence-corrected chi connectivity index (χ4v) is 2.16. The zero-order chi connectivity index (χ0) is 11.0. The number of hydrogen-bond acceptors (Lipinski definition) is 4. The summed E-state index contributed by atoms with van der Waals surface area (Å²) >= 11 is 0. The zero-order valence-corrected chi connectivity index (χ0v) is 8.93. The molecule has 0 bridgehead atoms. The minimum atomic E-state index is 0.107. The van der Waals surface area contributed by atoms with Crippen LogP contribution in [-0.2, 0) is 16.0 Å². The Morgan fingerprint density at radius 3 is 2.94 bits per heavy atom. The van der Waals surface area contributed by atoms with Gasteiger partial charge in [-0.1, -0.05) is 6.07 Å². The topological polar surface area (TPSA) is 45.7 Å². The van der Waals surface area contributed by atoms with Crippen LogP contribution in [0.3, 0.4) is 0 Å². The highest BCUT2D eigenvalue weighted by Gasteiger charge is 2.33. The second kappa shape index (κ2) is 3.84. The number of fused-ring (bicyclic) bond motifs is 1. The monoisotopic (exact) mass is 219 g/mol. The molecule has 0 saturated carbocycles. The van der Waals surface area contributed by atoms with Crippen LogP contribution in [-0.4, -0.2) is 42.2 Å². The number of nitrogens with zero attached hydrogens (tertiary/aromatic N) is 3. The summed E-state index contributed by atoms with van der Waals surface area (Å²) in [7, 11) is 0. The Hall–Kier alpha value is -1.46. The van der Waals surface area contributed by atoms with Gasteiger partial charge in [0.1, 0.15) is 0 Å². The number of ether oxygens (including phenoxy) is 1. The van der Waals surface area contributed by atoms with Gasteiger partial charge in [0.05, 0.1) is 19.6 Å². The molecule has 1 amide bonds. The van der Waals surface area contributed by atoms with Gasteiger partial charge in [-0.15, -0.1) is 0 Å². The van der Waals surface area contributed by atoms with E-state index in [1.807, 2.05) is 17.1 Å². The van der Waals surface area contributed by atoms with E-state index in [9.17, 15) is 4.79 Å². The molecule has 0 spiro atoms. The number of amides is 1. The molecule has 3 rings (SSSR count). The van der Waals surface area contributed by atoms with Gasteiger partial charge >= 0.3 is 0 Å². The van der Waals surface area contributed by atoms with E-state index >= 15 is 0 Å². The van der Waals surface area contributed by atoms with Gasteiger partial charge < -0.3 is 4.74 Å². The molecule has 84 valence electrons. The average Bonchev–Trinajstić information content (AvgIpc) is 2.66. The first-order valence-electron chi connectivity index (χ1n) is 5.46. The van der Waals surface area contributed by atoms with E-state index in [0.29, 0.717) is 19.6 Å². The molecule has 16 heavy (non-hydrogen) atoms. The molecule has 2 aliphatic heterocycles. The molecule has 5 heteroatoms. The van der Waals surface area contributed by atoms with Gasteiger partial charge in [-0.3, -0.25) is 4.79 Å². The predicted molar refractivity (Wildman–Crippen MR) is 57.8 cm³/mol. The van der Waals surface area contributed by atoms with Gasteiger partial charge in [0.25, 0.3) is 0 Å². The molecule has 2 aliphatic rings. The van der Waals surface area contributed by atoms with Crippen molar-refractivity contribution in [2.75, 3.05) is 31.3 Å². The van der Waals surface area contributed by atoms with Crippen LogP contribution in [0.25, 0.3) is 0 Å². The Morgan fingerprint density at radius 2 is 2.12 bits per heavy atom. The molecule has 0 aliphatic carbocycles. The molecular formula is C11H13N3O2. The molecule has 0 atom stereocenters. The van der Waals surface area contributed by atoms with Crippen LogP contribution >= 0.6 is 0 Å². The number of morpholine rings is 1. The van der Waals surface area contributed by atoms with Crippen molar-refractivity contribution in [1.29, 1.82) is 0 Å². The molecule has 1 saturated heterocycles. The summed E-state index contributed by atoms with van der Waals surface area (Å²) in [6, 6.07) is 3.83. The number of hydrazine groups is 1. The lowest BCUT2D eigenvalue weighted by molar-refractivity contribution is -0.121. The first kappa shape index (κ1) is 9.74. The normalized spacial score (nSPS) is 21.2. The third-order valence-corrected chi connectivity index (χ3v) is 2.92. The van der Waals surface area contributed by atoms with E-state index in [-0.39, 0.29) is 5.91 Å². The van der Waals surface area contributed by atoms with Crippen LogP contribution < -0.4 is 5.01 Å². The lowest BCUT2D eigenvalue weighted by Crippen LogP contribution is -2.50. The third kappa shape index (κ3) is 1.48. The predicted octanol–water partition coefficient (Wildman–Crippen LogP) is 0.218. The van der Waals surface area contributed by atoms with Crippen LogP contribution in [0.15, 0.2) is 18.3 Å². The first-order chi connectivity index (χ1) is 7.86. The van der Waals surface area contributed by atoms with Gasteiger partial charge in [-0.05, 0) is 6.07 Å². The van der Waals surface area contributed by atoms with Gasteiger partial charge in [0.15, 0.2) is 5.82 Å². The van der Waals surface area contributed by atoms with Crippen molar-refractivity contribution in [1.82, 2.24) is 9.99 Å². The van der Waals surface area contributed by atoms with Gasteiger partial charge in [-0.25, -0.2) is 15.0 Å². The highest BCUT2D eigenvalue weighted by atomic mass is 16.5. The second-order valence-corrected chi connectivity index (χ2v) is 3.93. The fourth-order valence-electron chi connectivity index (χ4n) is 2.16. The van der Waals surface area contributed by atoms with Gasteiger partial charge in [0, 0.05) is 24.8 Å². The first-order valence-corrected chi connectivity index (χ1v) is 5.46. The highest BCUT2D eigenvalue weighted by Crippen LogP contribution is 2.27. The number of pyridine rings is 1. The smallest absolute Gasteiger partial charge is 0.247 e. The lowest BCUT2D eigenvalue weighted by Gasteiger charge is -2.33. The van der Waals surface area contributed by atoms with Crippen molar-refractivity contribution < 1.29 is 9.53 Å². The van der Waals surface area contributed by atoms with Crippen molar-refractivity contribution in [3.8, 4) is 0 Å². The van der Waals surface area contributed by atoms with Crippen molar-refractivity contribution in [3.63, 3.8) is 0 Å². The Labute approximate surface area is 93.6 Å². The lowest BCUT2D eigenvalue weighted by atomic mass is 10.2. The molecular weight excluding hydrogens is 206 g/mol. The number of carbonyl (C=O) groups is 1. The van der Waals surface area contributed by atoms with Crippen molar-refractivity contribution >= 4 is 11.7 Å². The summed E-state index contributed by atoms with van der Waals surface area (Å²) in [5.74, 6) is 0.894. The number of rotatable bonds is 1. The van der Waals surface area contributed by atoms with E-state index in [1.165, 1.54) is 0 Å². The maximum absolute atomic E-state index is 11.9. The maximum Gasteiger partial charge on any atom is 0.247 e. The number of carbonyl (C=O) groups excluding carboxylic acids is 1. The third-order valence-electron chi connectivity index (χ3n) is 2.92. The van der Waals surface area contributed by atoms with E-state index in [1.54, 1.807) is 11.2 Å². The molecule has 5 nitrogen and oxygen atoms in total. The summed E-state index contributed by atoms with van der Waals surface area (Å²) in [4.78, 5) is 16.2. The number of hydrogen-bond donors (Lipinski definition) is 0. The molecule has 0 N–H and O–H groups in total. The van der Waals surface area contributed by atoms with E-state index in [2.05, 4.69) is 4.98 Å². The van der Waals surface area contributed by atoms with E-state index in [4.69, 9.17) is 4.74 Å². The Kier molecular flexibility index (Phi) is 2.34. The molecule has 0 unspecified atom stereocenters. The van der Waals surface area contributed by atoms with Crippen molar-refractivity contribution in [2.45, 2.75) is 6.42 Å². The summed E-state index contributed by atoms with van der Waals surface area (Å²) in [5, 5.41) is 3.72. The molecule has 1 fully saturated rings. The fraction of sp³-hybridized carbons (Fsp3) is 0.455. The van der Waals surface area contributed by atoms with Crippen LogP contribution in [0, 0.1) is 0 Å². The van der Waals surface area contributed by atoms with Crippen LogP contribution in [0.1, 0.15) is 5.56 Å². The molecule has 3 heterocycles. The summed E-state index contributed by atoms with van der Waals surface area (Å²) in [5.41, 5.74) is 1.01. The largest absolute Gasteiger partial charge is 0.379 e. The van der Waals surface area contributed by atoms with Gasteiger partial charge in [0.2, 0.25) is 5.91 Å². The SMILES string of the molecule is O=C1Cc2cccnc2N1N1CCOCC1. The molecule has 0 aromatic carbocycles. The zero-order valence-electron chi connectivity index (χ0n) is 8.93. The number of anilines is 1. The Balaban J connectivity index is 1.92. The quantitative estimate of drug-likeness (QED) is 0.677. The average molecular weight is 219 g/mol. The Bertz CT molecular complexity index is 415. The van der Waals surface area contributed by atoms with Crippen molar-refractivity contribution in [3.05, 3.63) is 23.9 Å². The van der Waals surface area contributed by atoms with Gasteiger partial charge in [-0.2, -0.15) is 0 Å². The summed E-state index contributed by atoms with van der Waals surface area (Å²) < 4.78 is 5.28. The minimum absolute atomic E-state index is 0.107. The molecule has 1 aromatic heterocycles. The highest BCUT2D eigenvalue weighted by molar-refractivity contribution is 5.99.